The highest BCUT2D eigenvalue weighted by Gasteiger charge is 1.97. The van der Waals surface area contributed by atoms with Gasteiger partial charge >= 0.3 is 0 Å². The molecule has 0 amide bonds. The van der Waals surface area contributed by atoms with Crippen LogP contribution in [-0.2, 0) is 19.6 Å². The summed E-state index contributed by atoms with van der Waals surface area (Å²) in [5.74, 6) is 0. The van der Waals surface area contributed by atoms with Crippen LogP contribution in [0.5, 0.6) is 0 Å². The van der Waals surface area contributed by atoms with Gasteiger partial charge in [-0.25, -0.2) is 0 Å². The number of aliphatic hydroxyl groups is 1. The molecule has 1 heterocycles. The van der Waals surface area contributed by atoms with Crippen LogP contribution in [-0.4, -0.2) is 9.67 Å². The molecule has 0 fully saturated rings. The Hall–Kier alpha value is -1.87. The van der Waals surface area contributed by atoms with E-state index in [1.54, 1.807) is 22.9 Å². The molecule has 0 saturated carbocycles. The molecule has 0 atom stereocenters. The van der Waals surface area contributed by atoms with Gasteiger partial charge in [0.25, 0.3) is 5.56 Å². The van der Waals surface area contributed by atoms with Gasteiger partial charge < -0.3 is 9.67 Å². The van der Waals surface area contributed by atoms with Gasteiger partial charge in [-0.15, -0.1) is 0 Å². The quantitative estimate of drug-likeness (QED) is 0.865. The van der Waals surface area contributed by atoms with E-state index < -0.39 is 0 Å². The maximum atomic E-state index is 11.5. The standard InChI is InChI=1S/C14H15NO2/c16-11-13-6-4-12(5-7-13)8-10-15-9-2-1-3-14(15)17/h1-7,9,16H,8,10-11H2. The lowest BCUT2D eigenvalue weighted by Crippen LogP contribution is -2.18. The number of aromatic nitrogens is 1. The third kappa shape index (κ3) is 3.04. The van der Waals surface area contributed by atoms with Gasteiger partial charge in [0.05, 0.1) is 6.61 Å². The highest BCUT2D eigenvalue weighted by Crippen LogP contribution is 2.05. The van der Waals surface area contributed by atoms with E-state index in [1.165, 1.54) is 0 Å². The van der Waals surface area contributed by atoms with Crippen molar-refractivity contribution in [2.24, 2.45) is 0 Å². The molecule has 0 aliphatic rings. The van der Waals surface area contributed by atoms with Crippen LogP contribution in [0.3, 0.4) is 0 Å². The van der Waals surface area contributed by atoms with Gasteiger partial charge in [0, 0.05) is 18.8 Å². The number of hydrogen-bond donors (Lipinski definition) is 1. The Morgan fingerprint density at radius 2 is 1.71 bits per heavy atom. The second-order valence-electron chi connectivity index (χ2n) is 3.96. The molecule has 2 rings (SSSR count). The maximum absolute atomic E-state index is 11.5. The van der Waals surface area contributed by atoms with E-state index in [2.05, 4.69) is 0 Å². The summed E-state index contributed by atoms with van der Waals surface area (Å²) in [7, 11) is 0. The zero-order valence-corrected chi connectivity index (χ0v) is 9.54. The van der Waals surface area contributed by atoms with E-state index in [9.17, 15) is 4.79 Å². The Bertz CT molecular complexity index is 528. The molecule has 0 radical (unpaired) electrons. The van der Waals surface area contributed by atoms with Crippen molar-refractivity contribution in [3.63, 3.8) is 0 Å². The number of aliphatic hydroxyl groups excluding tert-OH is 1. The number of aryl methyl sites for hydroxylation is 2. The molecule has 0 bridgehead atoms. The summed E-state index contributed by atoms with van der Waals surface area (Å²) in [5, 5.41) is 8.93. The number of rotatable bonds is 4. The fourth-order valence-corrected chi connectivity index (χ4v) is 1.71. The van der Waals surface area contributed by atoms with Crippen LogP contribution in [0.2, 0.25) is 0 Å². The lowest BCUT2D eigenvalue weighted by atomic mass is 10.1. The van der Waals surface area contributed by atoms with Crippen LogP contribution in [0.1, 0.15) is 11.1 Å². The van der Waals surface area contributed by atoms with E-state index >= 15 is 0 Å². The molecule has 3 nitrogen and oxygen atoms in total. The smallest absolute Gasteiger partial charge is 0.250 e. The third-order valence-corrected chi connectivity index (χ3v) is 2.75. The van der Waals surface area contributed by atoms with Crippen molar-refractivity contribution < 1.29 is 5.11 Å². The molecule has 0 spiro atoms. The van der Waals surface area contributed by atoms with Gasteiger partial charge in [0.1, 0.15) is 0 Å². The molecular weight excluding hydrogens is 214 g/mol. The predicted octanol–water partition coefficient (Wildman–Crippen LogP) is 1.58. The molecule has 2 aromatic rings. The Morgan fingerprint density at radius 3 is 2.35 bits per heavy atom. The summed E-state index contributed by atoms with van der Waals surface area (Å²) in [5.41, 5.74) is 2.10. The molecule has 3 heteroatoms. The Kier molecular flexibility index (Phi) is 3.73. The summed E-state index contributed by atoms with van der Waals surface area (Å²) in [6.45, 7) is 0.747. The molecule has 0 aliphatic heterocycles. The third-order valence-electron chi connectivity index (χ3n) is 2.75. The van der Waals surface area contributed by atoms with Gasteiger partial charge in [-0.2, -0.15) is 0 Å². The van der Waals surface area contributed by atoms with Crippen molar-refractivity contribution in [2.45, 2.75) is 19.6 Å². The summed E-state index contributed by atoms with van der Waals surface area (Å²) in [6.07, 6.45) is 2.61. The highest BCUT2D eigenvalue weighted by atomic mass is 16.3. The topological polar surface area (TPSA) is 42.2 Å². The molecule has 0 saturated heterocycles. The van der Waals surface area contributed by atoms with Crippen molar-refractivity contribution in [1.29, 1.82) is 0 Å². The van der Waals surface area contributed by atoms with Gasteiger partial charge in [-0.1, -0.05) is 30.3 Å². The van der Waals surface area contributed by atoms with Crippen molar-refractivity contribution >= 4 is 0 Å². The van der Waals surface area contributed by atoms with Crippen molar-refractivity contribution in [1.82, 2.24) is 4.57 Å². The average molecular weight is 229 g/mol. The first-order valence-corrected chi connectivity index (χ1v) is 5.64. The number of benzene rings is 1. The summed E-state index contributed by atoms with van der Waals surface area (Å²) < 4.78 is 1.69. The number of hydrogen-bond acceptors (Lipinski definition) is 2. The summed E-state index contributed by atoms with van der Waals surface area (Å²) in [6, 6.07) is 12.9. The molecule has 17 heavy (non-hydrogen) atoms. The first-order chi connectivity index (χ1) is 8.29. The zero-order valence-electron chi connectivity index (χ0n) is 9.54. The second-order valence-corrected chi connectivity index (χ2v) is 3.96. The van der Waals surface area contributed by atoms with Crippen LogP contribution < -0.4 is 5.56 Å². The number of nitrogens with zero attached hydrogens (tertiary/aromatic N) is 1. The first-order valence-electron chi connectivity index (χ1n) is 5.64. The van der Waals surface area contributed by atoms with Gasteiger partial charge in [-0.05, 0) is 23.6 Å². The van der Waals surface area contributed by atoms with Crippen molar-refractivity contribution in [3.05, 3.63) is 70.1 Å². The van der Waals surface area contributed by atoms with Gasteiger partial charge in [0.2, 0.25) is 0 Å². The molecule has 1 aromatic carbocycles. The SMILES string of the molecule is O=c1ccccn1CCc1ccc(CO)cc1. The van der Waals surface area contributed by atoms with Crippen LogP contribution in [0, 0.1) is 0 Å². The van der Waals surface area contributed by atoms with Crippen molar-refractivity contribution in [3.8, 4) is 0 Å². The minimum Gasteiger partial charge on any atom is -0.392 e. The Morgan fingerprint density at radius 1 is 1.00 bits per heavy atom. The lowest BCUT2D eigenvalue weighted by Gasteiger charge is -2.05. The van der Waals surface area contributed by atoms with Gasteiger partial charge in [0.15, 0.2) is 0 Å². The minimum atomic E-state index is 0.0273. The molecule has 0 unspecified atom stereocenters. The normalized spacial score (nSPS) is 10.4. The fourth-order valence-electron chi connectivity index (χ4n) is 1.71. The van der Waals surface area contributed by atoms with E-state index in [0.29, 0.717) is 6.54 Å². The first kappa shape index (κ1) is 11.6. The van der Waals surface area contributed by atoms with Gasteiger partial charge in [-0.3, -0.25) is 4.79 Å². The molecule has 0 aliphatic carbocycles. The Balaban J connectivity index is 2.02. The molecule has 1 N–H and O–H groups in total. The molecule has 1 aromatic heterocycles. The Labute approximate surface area is 100.0 Å². The maximum Gasteiger partial charge on any atom is 0.250 e. The van der Waals surface area contributed by atoms with Crippen LogP contribution >= 0.6 is 0 Å². The molecule has 88 valence electrons. The summed E-state index contributed by atoms with van der Waals surface area (Å²) >= 11 is 0. The monoisotopic (exact) mass is 229 g/mol. The van der Waals surface area contributed by atoms with E-state index in [0.717, 1.165) is 17.5 Å². The van der Waals surface area contributed by atoms with Crippen LogP contribution in [0.4, 0.5) is 0 Å². The lowest BCUT2D eigenvalue weighted by molar-refractivity contribution is 0.282. The average Bonchev–Trinajstić information content (AvgIpc) is 2.38. The van der Waals surface area contributed by atoms with Crippen LogP contribution in [0.15, 0.2) is 53.5 Å². The van der Waals surface area contributed by atoms with E-state index in [-0.39, 0.29) is 12.2 Å². The minimum absolute atomic E-state index is 0.0273. The van der Waals surface area contributed by atoms with E-state index in [4.69, 9.17) is 5.11 Å². The fraction of sp³-hybridized carbons (Fsp3) is 0.214. The zero-order chi connectivity index (χ0) is 12.1. The number of pyridine rings is 1. The predicted molar refractivity (Wildman–Crippen MR) is 66.8 cm³/mol. The second kappa shape index (κ2) is 5.46. The van der Waals surface area contributed by atoms with Crippen LogP contribution in [0.25, 0.3) is 0 Å². The summed E-state index contributed by atoms with van der Waals surface area (Å²) in [4.78, 5) is 11.5. The van der Waals surface area contributed by atoms with E-state index in [1.807, 2.05) is 30.3 Å². The van der Waals surface area contributed by atoms with Crippen molar-refractivity contribution in [2.75, 3.05) is 0 Å². The highest BCUT2D eigenvalue weighted by molar-refractivity contribution is 5.22. The molecular formula is C14H15NO2. The largest absolute Gasteiger partial charge is 0.392 e.